The Morgan fingerprint density at radius 1 is 1.07 bits per heavy atom. The van der Waals surface area contributed by atoms with E-state index in [-0.39, 0.29) is 0 Å². The molecule has 0 unspecified atom stereocenters. The van der Waals surface area contributed by atoms with E-state index >= 15 is 0 Å². The van der Waals surface area contributed by atoms with Gasteiger partial charge in [-0.1, -0.05) is 18.2 Å². The number of hydrogen-bond acceptors (Lipinski definition) is 6. The molecule has 7 heteroatoms. The third kappa shape index (κ3) is 3.91. The minimum atomic E-state index is -1.02. The molecule has 30 heavy (non-hydrogen) atoms. The van der Waals surface area contributed by atoms with Gasteiger partial charge in [0.15, 0.2) is 6.10 Å². The summed E-state index contributed by atoms with van der Waals surface area (Å²) in [6, 6.07) is 14.5. The topological polar surface area (TPSA) is 90.9 Å². The number of furan rings is 2. The lowest BCUT2D eigenvalue weighted by Gasteiger charge is -2.14. The number of anilines is 1. The van der Waals surface area contributed by atoms with Crippen molar-refractivity contribution in [2.24, 2.45) is 0 Å². The van der Waals surface area contributed by atoms with Gasteiger partial charge in [0.25, 0.3) is 5.91 Å². The maximum Gasteiger partial charge on any atom is 0.331 e. The van der Waals surface area contributed by atoms with Crippen LogP contribution in [0.3, 0.4) is 0 Å². The second kappa shape index (κ2) is 8.16. The van der Waals surface area contributed by atoms with Crippen molar-refractivity contribution in [1.82, 2.24) is 0 Å². The van der Waals surface area contributed by atoms with E-state index in [9.17, 15) is 9.59 Å². The molecule has 2 aromatic carbocycles. The molecule has 1 N–H and O–H groups in total. The van der Waals surface area contributed by atoms with Gasteiger partial charge in [0.1, 0.15) is 22.7 Å². The van der Waals surface area contributed by atoms with Crippen molar-refractivity contribution < 1.29 is 27.9 Å². The van der Waals surface area contributed by atoms with E-state index in [1.54, 1.807) is 24.3 Å². The van der Waals surface area contributed by atoms with Gasteiger partial charge in [-0.05, 0) is 37.3 Å². The predicted molar refractivity (Wildman–Crippen MR) is 112 cm³/mol. The fourth-order valence-electron chi connectivity index (χ4n) is 3.06. The Morgan fingerprint density at radius 2 is 1.90 bits per heavy atom. The van der Waals surface area contributed by atoms with E-state index in [0.717, 1.165) is 16.4 Å². The van der Waals surface area contributed by atoms with Crippen LogP contribution in [0.15, 0.2) is 69.7 Å². The molecule has 4 rings (SSSR count). The van der Waals surface area contributed by atoms with Crippen molar-refractivity contribution >= 4 is 45.6 Å². The lowest BCUT2D eigenvalue weighted by molar-refractivity contribution is -0.148. The normalized spacial score (nSPS) is 12.3. The first-order chi connectivity index (χ1) is 14.5. The average Bonchev–Trinajstić information content (AvgIpc) is 3.38. The lowest BCUT2D eigenvalue weighted by Crippen LogP contribution is -2.29. The van der Waals surface area contributed by atoms with Gasteiger partial charge in [-0.2, -0.15) is 0 Å². The van der Waals surface area contributed by atoms with Crippen LogP contribution in [0.1, 0.15) is 12.7 Å². The van der Waals surface area contributed by atoms with E-state index in [4.69, 9.17) is 18.3 Å². The van der Waals surface area contributed by atoms with Crippen LogP contribution in [0.2, 0.25) is 0 Å². The number of rotatable bonds is 6. The van der Waals surface area contributed by atoms with Crippen LogP contribution in [0.4, 0.5) is 5.69 Å². The number of hydrogen-bond donors (Lipinski definition) is 1. The summed E-state index contributed by atoms with van der Waals surface area (Å²) < 4.78 is 21.5. The molecule has 152 valence electrons. The molecule has 0 saturated heterocycles. The van der Waals surface area contributed by atoms with Crippen LogP contribution >= 0.6 is 0 Å². The highest BCUT2D eigenvalue weighted by Gasteiger charge is 2.20. The second-order valence-electron chi connectivity index (χ2n) is 6.56. The first kappa shape index (κ1) is 19.3. The summed E-state index contributed by atoms with van der Waals surface area (Å²) in [7, 11) is 1.52. The van der Waals surface area contributed by atoms with Gasteiger partial charge in [-0.15, -0.1) is 0 Å². The molecule has 0 aliphatic rings. The van der Waals surface area contributed by atoms with Crippen LogP contribution in [-0.4, -0.2) is 25.1 Å². The van der Waals surface area contributed by atoms with Gasteiger partial charge in [0.2, 0.25) is 0 Å². The molecule has 2 heterocycles. The van der Waals surface area contributed by atoms with Crippen molar-refractivity contribution in [2.45, 2.75) is 13.0 Å². The van der Waals surface area contributed by atoms with Gasteiger partial charge in [-0.25, -0.2) is 4.79 Å². The summed E-state index contributed by atoms with van der Waals surface area (Å²) in [5.41, 5.74) is 1.77. The molecule has 4 aromatic rings. The average molecular weight is 405 g/mol. The number of fused-ring (bicyclic) bond motifs is 3. The van der Waals surface area contributed by atoms with Gasteiger partial charge < -0.3 is 23.6 Å². The number of carbonyl (C=O) groups excluding carboxylic acids is 2. The Morgan fingerprint density at radius 3 is 2.67 bits per heavy atom. The van der Waals surface area contributed by atoms with E-state index < -0.39 is 18.0 Å². The molecule has 0 radical (unpaired) electrons. The SMILES string of the molecule is COc1cc2c(cc1NC(=O)[C@@H](C)OC(=O)/C=C/c1ccco1)oc1ccccc12. The minimum absolute atomic E-state index is 0.420. The van der Waals surface area contributed by atoms with Crippen molar-refractivity contribution in [1.29, 1.82) is 0 Å². The number of esters is 1. The summed E-state index contributed by atoms with van der Waals surface area (Å²) >= 11 is 0. The monoisotopic (exact) mass is 405 g/mol. The summed E-state index contributed by atoms with van der Waals surface area (Å²) in [6.45, 7) is 1.49. The zero-order valence-corrected chi connectivity index (χ0v) is 16.4. The summed E-state index contributed by atoms with van der Waals surface area (Å²) in [4.78, 5) is 24.5. The molecular formula is C23H19NO6. The molecule has 0 saturated carbocycles. The van der Waals surface area contributed by atoms with Crippen LogP contribution in [-0.2, 0) is 14.3 Å². The fraction of sp³-hybridized carbons (Fsp3) is 0.130. The molecule has 7 nitrogen and oxygen atoms in total. The van der Waals surface area contributed by atoms with Crippen molar-refractivity contribution in [3.05, 3.63) is 66.6 Å². The molecular weight excluding hydrogens is 386 g/mol. The highest BCUT2D eigenvalue weighted by atomic mass is 16.5. The fourth-order valence-corrected chi connectivity index (χ4v) is 3.06. The van der Waals surface area contributed by atoms with Crippen molar-refractivity contribution in [3.63, 3.8) is 0 Å². The van der Waals surface area contributed by atoms with Crippen LogP contribution in [0.5, 0.6) is 5.75 Å². The van der Waals surface area contributed by atoms with Crippen LogP contribution in [0.25, 0.3) is 28.0 Å². The Bertz CT molecular complexity index is 1240. The zero-order chi connectivity index (χ0) is 21.1. The standard InChI is InChI=1S/C23H19NO6/c1-14(29-22(25)10-9-15-6-5-11-28-15)23(26)24-18-13-20-17(12-21(18)27-2)16-7-3-4-8-19(16)30-20/h3-14H,1-2H3,(H,24,26)/b10-9+/t14-/m1/s1. The first-order valence-electron chi connectivity index (χ1n) is 9.27. The Balaban J connectivity index is 1.50. The molecule has 0 fully saturated rings. The van der Waals surface area contributed by atoms with Gasteiger partial charge >= 0.3 is 5.97 Å². The smallest absolute Gasteiger partial charge is 0.331 e. The first-order valence-corrected chi connectivity index (χ1v) is 9.27. The van der Waals surface area contributed by atoms with Gasteiger partial charge in [0.05, 0.1) is 19.1 Å². The van der Waals surface area contributed by atoms with Gasteiger partial charge in [-0.3, -0.25) is 4.79 Å². The Hall–Kier alpha value is -4.00. The van der Waals surface area contributed by atoms with Crippen LogP contribution in [0, 0.1) is 0 Å². The number of ether oxygens (including phenoxy) is 2. The summed E-state index contributed by atoms with van der Waals surface area (Å²) in [5.74, 6) is -0.177. The maximum atomic E-state index is 12.5. The minimum Gasteiger partial charge on any atom is -0.495 e. The predicted octanol–water partition coefficient (Wildman–Crippen LogP) is 4.77. The Kier molecular flexibility index (Phi) is 5.26. The molecule has 0 aliphatic heterocycles. The molecule has 2 aromatic heterocycles. The largest absolute Gasteiger partial charge is 0.495 e. The highest BCUT2D eigenvalue weighted by molar-refractivity contribution is 6.08. The number of nitrogens with one attached hydrogen (secondary N) is 1. The number of carbonyl (C=O) groups is 2. The number of benzene rings is 2. The van der Waals surface area contributed by atoms with Crippen molar-refractivity contribution in [2.75, 3.05) is 12.4 Å². The van der Waals surface area contributed by atoms with E-state index in [1.165, 1.54) is 32.4 Å². The third-order valence-corrected chi connectivity index (χ3v) is 4.55. The molecule has 1 amide bonds. The number of methoxy groups -OCH3 is 1. The van der Waals surface area contributed by atoms with E-state index in [2.05, 4.69) is 5.32 Å². The summed E-state index contributed by atoms with van der Waals surface area (Å²) in [6.07, 6.45) is 3.14. The number of para-hydroxylation sites is 1. The highest BCUT2D eigenvalue weighted by Crippen LogP contribution is 2.36. The Labute approximate surface area is 171 Å². The molecule has 0 aliphatic carbocycles. The zero-order valence-electron chi connectivity index (χ0n) is 16.4. The van der Waals surface area contributed by atoms with E-state index in [0.29, 0.717) is 22.8 Å². The quantitative estimate of drug-likeness (QED) is 0.367. The van der Waals surface area contributed by atoms with Gasteiger partial charge in [0, 0.05) is 22.9 Å². The lowest BCUT2D eigenvalue weighted by atomic mass is 10.1. The molecule has 0 spiro atoms. The third-order valence-electron chi connectivity index (χ3n) is 4.55. The number of amides is 1. The maximum absolute atomic E-state index is 12.5. The van der Waals surface area contributed by atoms with Crippen LogP contribution < -0.4 is 10.1 Å². The van der Waals surface area contributed by atoms with E-state index in [1.807, 2.05) is 24.3 Å². The van der Waals surface area contributed by atoms with Crippen molar-refractivity contribution in [3.8, 4) is 5.75 Å². The summed E-state index contributed by atoms with van der Waals surface area (Å²) in [5, 5.41) is 4.56. The molecule has 0 bridgehead atoms. The molecule has 1 atom stereocenters. The second-order valence-corrected chi connectivity index (χ2v) is 6.56.